The number of esters is 3. The number of nitrogens with zero attached hydrogens (tertiary/aromatic N) is 14. The van der Waals surface area contributed by atoms with E-state index in [4.69, 9.17) is 74.9 Å². The molecule has 0 atom stereocenters. The molecule has 4 fully saturated rings. The maximum Gasteiger partial charge on any atom is 1.00 e. The number of nitrogen functional groups attached to an aromatic ring is 4. The maximum atomic E-state index is 14.5. The quantitative estimate of drug-likeness (QED) is 0.0121. The monoisotopic (exact) mass is 2130 g/mol. The average molecular weight is 2130 g/mol. The van der Waals surface area contributed by atoms with Crippen LogP contribution in [0.25, 0.3) is 45.4 Å². The predicted octanol–water partition coefficient (Wildman–Crippen LogP) is 7.44. The van der Waals surface area contributed by atoms with E-state index in [2.05, 4.69) is 153 Å². The van der Waals surface area contributed by atoms with Gasteiger partial charge in [0.1, 0.15) is 105 Å². The number of nitrogens with one attached hydrogen (secondary N) is 2. The Bertz CT molecular complexity index is 5490. The Morgan fingerprint density at radius 3 is 1.36 bits per heavy atom. The molecule has 0 unspecified atom stereocenters. The summed E-state index contributed by atoms with van der Waals surface area (Å²) < 4.78 is 97.7. The molecule has 0 radical (unpaired) electrons. The number of Topliss-reactive ketones (excluding diaryl/α,β-unsaturated/α-hetero) is 1. The first kappa shape index (κ1) is 114. The van der Waals surface area contributed by atoms with Gasteiger partial charge in [-0.05, 0) is 185 Å². The number of hydrogen-bond donors (Lipinski definition) is 6. The molecule has 0 saturated carbocycles. The van der Waals surface area contributed by atoms with Gasteiger partial charge in [-0.15, -0.1) is 5.60 Å². The Labute approximate surface area is 845 Å². The molecule has 10 aromatic heterocycles. The standard InChI is InChI=1S/C19H20FN7O2.C14H16BrN5O2.C12H17BFNO2.C11H12BrNO4.C10H9BrN4O2.C8H8BrNO3.C4H9NO.C4H8O2.C4H9O.K/c1-28-14-3-2-12(11-4-5-23-18(21)16(11)20)24-17(14)13-10-15(26-19(22)25-13)27-6-8-29-9-7-27;1-21-10-2-3-11(15)18-13(10)9-8-12(19-14(16)17-9)20-4-6-22-7-5-20;1-8-10(14)9(6-7-15-8)13-16-11(2,3)12(4,5)17-13;1-3-17-10(15)6-7(14)11-8(16-2)4-5-9(12)13-11;1-17-6-2-3-7(11)14-9(6)5-4-8(16)15-10(12)13-5;1-12-5-3-4-6(9)10-7(5)8(11)13-2;1-3-6-4-2-5-1;1-3-6-4(2)5;1-4(2,3)5;/h2-5,10H,6-9H2,1H3,(H2,21,23)(H2,22,25,26);2-3,8H,4-7H2,1H3,(H2,16,17,19);6-7H,1-5H3;4-5H,3,6H2,1-2H3;2-4H,1H3,(H3,12,13,15,16);3-4H,1-2H3;5H,1-4H2;3H2,1-2H3;1-3H3;/q;;;;;;;;-1;+1. The Balaban J connectivity index is 0.000000276. The number of nitrogens with two attached hydrogens (primary N) is 4. The third-order valence-corrected chi connectivity index (χ3v) is 19.9. The number of methoxy groups -OCH3 is 6. The van der Waals surface area contributed by atoms with Gasteiger partial charge >= 0.3 is 76.4 Å². The maximum absolute atomic E-state index is 14.5. The molecule has 14 heterocycles. The molecule has 10 aromatic rings. The number of hydrogen-bond acceptors (Lipinski definition) is 38. The molecular formula is C86H108BBr4F2KN20O19. The number of aromatic nitrogens is 13. The third-order valence-electron chi connectivity index (χ3n) is 18.1. The van der Waals surface area contributed by atoms with Gasteiger partial charge in [0.15, 0.2) is 28.9 Å². The summed E-state index contributed by atoms with van der Waals surface area (Å²) in [5, 5.41) is 13.3. The number of morpholine rings is 3. The summed E-state index contributed by atoms with van der Waals surface area (Å²) >= 11 is 12.9. The molecule has 0 aliphatic carbocycles. The van der Waals surface area contributed by atoms with E-state index in [0.29, 0.717) is 150 Å². The van der Waals surface area contributed by atoms with Crippen LogP contribution in [0.4, 0.5) is 44.1 Å². The molecule has 712 valence electrons. The minimum atomic E-state index is -0.750. The molecule has 4 aliphatic rings. The number of carbonyl (C=O) groups is 4. The van der Waals surface area contributed by atoms with Crippen molar-refractivity contribution in [2.24, 2.45) is 0 Å². The molecule has 0 bridgehead atoms. The van der Waals surface area contributed by atoms with Gasteiger partial charge in [-0.3, -0.25) is 29.1 Å². The van der Waals surface area contributed by atoms with Crippen LogP contribution >= 0.6 is 63.7 Å². The zero-order valence-corrected chi connectivity index (χ0v) is 86.6. The molecule has 4 aliphatic heterocycles. The largest absolute Gasteiger partial charge is 1.00 e. The van der Waals surface area contributed by atoms with Crippen LogP contribution < -0.4 is 129 Å². The number of anilines is 6. The number of pyridine rings is 7. The summed E-state index contributed by atoms with van der Waals surface area (Å²) in [6.45, 7) is 29.2. The van der Waals surface area contributed by atoms with Crippen LogP contribution in [-0.4, -0.2) is 247 Å². The van der Waals surface area contributed by atoms with Crippen molar-refractivity contribution in [3.05, 3.63) is 161 Å². The Kier molecular flexibility index (Phi) is 48.3. The van der Waals surface area contributed by atoms with Crippen LogP contribution in [0.5, 0.6) is 28.7 Å². The predicted molar refractivity (Wildman–Crippen MR) is 505 cm³/mol. The fraction of sp³-hybridized carbons (Fsp3) is 0.407. The van der Waals surface area contributed by atoms with Crippen molar-refractivity contribution in [2.45, 2.75) is 99.4 Å². The summed E-state index contributed by atoms with van der Waals surface area (Å²) in [6, 6.07) is 25.1. The summed E-state index contributed by atoms with van der Waals surface area (Å²) in [5.74, 6) is 1.26. The van der Waals surface area contributed by atoms with E-state index >= 15 is 0 Å². The van der Waals surface area contributed by atoms with Crippen molar-refractivity contribution in [3.8, 4) is 74.2 Å². The minimum absolute atomic E-state index is 0. The van der Waals surface area contributed by atoms with Gasteiger partial charge in [-0.2, -0.15) is 9.97 Å². The molecule has 0 aromatic carbocycles. The SMILES string of the molecule is C1COCCN1.CC(C)(C)[O-].CCOC(=O)CC(=O)c1nc(Br)ccc1OC.CCOC(C)=O.COC(=O)c1nc(Br)ccc1OC.COc1ccc(-c2ccnc(N)c2F)nc1-c1cc(N2CCOCC2)nc(N)n1.COc1ccc(Br)nc1-c1cc(=O)[nH]c(N)n1.COc1ccc(Br)nc1-c1cc(N2CCOCC2)nc(N)n1.Cc1nccc(B2OC(C)(C)C(C)(C)O2)c1F.[K+]. The van der Waals surface area contributed by atoms with Gasteiger partial charge in [-0.1, -0.05) is 20.8 Å². The summed E-state index contributed by atoms with van der Waals surface area (Å²) in [6.07, 6.45) is 2.66. The van der Waals surface area contributed by atoms with Crippen LogP contribution in [0.3, 0.4) is 0 Å². The van der Waals surface area contributed by atoms with E-state index in [1.807, 2.05) is 45.9 Å². The number of ketones is 1. The second-order valence-electron chi connectivity index (χ2n) is 29.4. The zero-order valence-electron chi connectivity index (χ0n) is 77.1. The number of aryl methyl sites for hydroxylation is 1. The van der Waals surface area contributed by atoms with E-state index in [1.165, 1.54) is 60.8 Å². The van der Waals surface area contributed by atoms with E-state index in [1.54, 1.807) is 116 Å². The normalized spacial score (nSPS) is 13.7. The van der Waals surface area contributed by atoms with Crippen LogP contribution in [0.1, 0.15) is 102 Å². The van der Waals surface area contributed by atoms with Gasteiger partial charge < -0.3 is 105 Å². The van der Waals surface area contributed by atoms with E-state index in [0.717, 1.165) is 45.2 Å². The first-order valence-corrected chi connectivity index (χ1v) is 43.8. The van der Waals surface area contributed by atoms with Crippen molar-refractivity contribution in [3.63, 3.8) is 0 Å². The summed E-state index contributed by atoms with van der Waals surface area (Å²) in [4.78, 5) is 112. The van der Waals surface area contributed by atoms with Crippen molar-refractivity contribution < 1.29 is 146 Å². The smallest absolute Gasteiger partial charge is 0.850 e. The number of ether oxygens (including phenoxy) is 11. The van der Waals surface area contributed by atoms with Gasteiger partial charge in [0.2, 0.25) is 17.8 Å². The van der Waals surface area contributed by atoms with E-state index in [9.17, 15) is 37.9 Å². The molecule has 0 amide bonds. The Morgan fingerprint density at radius 1 is 0.534 bits per heavy atom. The number of rotatable bonds is 18. The summed E-state index contributed by atoms with van der Waals surface area (Å²) in [5.41, 5.74) is 25.5. The fourth-order valence-electron chi connectivity index (χ4n) is 11.3. The zero-order chi connectivity index (χ0) is 97.6. The first-order chi connectivity index (χ1) is 62.6. The third kappa shape index (κ3) is 37.1. The molecule has 0 spiro atoms. The van der Waals surface area contributed by atoms with Gasteiger partial charge in [0, 0.05) is 87.8 Å². The fourth-order valence-corrected chi connectivity index (χ4v) is 12.5. The van der Waals surface area contributed by atoms with Crippen LogP contribution in [0.2, 0.25) is 0 Å². The second-order valence-corrected chi connectivity index (χ2v) is 32.6. The number of H-pyrrole nitrogens is 1. The van der Waals surface area contributed by atoms with E-state index < -0.39 is 47.5 Å². The van der Waals surface area contributed by atoms with Gasteiger partial charge in [-0.25, -0.2) is 58.4 Å². The van der Waals surface area contributed by atoms with Crippen molar-refractivity contribution >= 4 is 135 Å². The number of halogens is 6. The van der Waals surface area contributed by atoms with Crippen molar-refractivity contribution in [1.29, 1.82) is 0 Å². The summed E-state index contributed by atoms with van der Waals surface area (Å²) in [7, 11) is 8.18. The van der Waals surface area contributed by atoms with Crippen molar-refractivity contribution in [1.82, 2.24) is 70.1 Å². The molecule has 47 heteroatoms. The van der Waals surface area contributed by atoms with Crippen LogP contribution in [-0.2, 0) is 47.3 Å². The first-order valence-electron chi connectivity index (χ1n) is 40.6. The van der Waals surface area contributed by atoms with Crippen molar-refractivity contribution in [2.75, 3.05) is 168 Å². The molecule has 14 rings (SSSR count). The average Bonchev–Trinajstić information content (AvgIpc) is 1.60. The molecular weight excluding hydrogens is 2020 g/mol. The number of carbonyl (C=O) groups excluding carboxylic acids is 4. The van der Waals surface area contributed by atoms with Gasteiger partial charge in [0.05, 0.1) is 118 Å². The second kappa shape index (κ2) is 56.5. The minimum Gasteiger partial charge on any atom is -0.850 e. The molecule has 4 saturated heterocycles. The topological polar surface area (TPSA) is 521 Å². The van der Waals surface area contributed by atoms with E-state index in [-0.39, 0.29) is 122 Å². The Hall–Kier alpha value is -9.83. The molecule has 10 N–H and O–H groups in total. The molecule has 133 heavy (non-hydrogen) atoms. The Morgan fingerprint density at radius 2 is 0.947 bits per heavy atom. The molecule has 39 nitrogen and oxygen atoms in total. The van der Waals surface area contributed by atoms with Crippen LogP contribution in [0.15, 0.2) is 127 Å². The van der Waals surface area contributed by atoms with Crippen LogP contribution in [0, 0.1) is 18.6 Å². The number of aromatic amines is 1. The van der Waals surface area contributed by atoms with Gasteiger partial charge in [0.25, 0.3) is 5.56 Å².